The molecule has 0 unspecified atom stereocenters. The van der Waals surface area contributed by atoms with Crippen molar-refractivity contribution in [3.63, 3.8) is 0 Å². The number of para-hydroxylation sites is 1. The number of carbonyl (C=O) groups excluding carboxylic acids is 2. The van der Waals surface area contributed by atoms with E-state index in [0.29, 0.717) is 34.9 Å². The van der Waals surface area contributed by atoms with Crippen LogP contribution in [-0.4, -0.2) is 26.7 Å². The summed E-state index contributed by atoms with van der Waals surface area (Å²) in [4.78, 5) is 23.1. The summed E-state index contributed by atoms with van der Waals surface area (Å²) in [6.45, 7) is 10.5. The number of allylic oxidation sites excluding steroid dienone is 4. The summed E-state index contributed by atoms with van der Waals surface area (Å²) in [7, 11) is 4.07. The smallest absolute Gasteiger partial charge is 0.151 e. The molecule has 3 nitrogen and oxygen atoms in total. The summed E-state index contributed by atoms with van der Waals surface area (Å²) in [6, 6.07) is 10.3. The molecule has 0 aliphatic heterocycles. The van der Waals surface area contributed by atoms with E-state index < -0.39 is 0 Å². The lowest BCUT2D eigenvalue weighted by Crippen LogP contribution is -2.07. The molecule has 1 aromatic carbocycles. The van der Waals surface area contributed by atoms with Crippen LogP contribution in [0.25, 0.3) is 0 Å². The zero-order chi connectivity index (χ0) is 16.4. The maximum Gasteiger partial charge on any atom is 0.151 e. The van der Waals surface area contributed by atoms with Crippen LogP contribution in [0.15, 0.2) is 65.8 Å². The topological polar surface area (TPSA) is 37.4 Å². The van der Waals surface area contributed by atoms with E-state index in [0.717, 1.165) is 0 Å². The molecule has 0 atom stereocenters. The van der Waals surface area contributed by atoms with Crippen molar-refractivity contribution >= 4 is 18.3 Å². The van der Waals surface area contributed by atoms with Crippen LogP contribution < -0.4 is 4.90 Å². The summed E-state index contributed by atoms with van der Waals surface area (Å²) < 4.78 is 0. The standard InChI is InChI=1S/C10H12O2.C8H11N/c1-7(2)9(5-11)10(6-12)8(3)4;1-9(2)8-6-4-3-5-7-8/h5-6H,1,3H2,2,4H3;3-7H,1-2H3/b10-9-;. The lowest BCUT2D eigenvalue weighted by Gasteiger charge is -2.10. The number of rotatable bonds is 5. The van der Waals surface area contributed by atoms with Crippen molar-refractivity contribution < 1.29 is 9.59 Å². The molecule has 0 radical (unpaired) electrons. The minimum atomic E-state index is 0.331. The molecule has 0 N–H and O–H groups in total. The monoisotopic (exact) mass is 285 g/mol. The Hall–Kier alpha value is -2.42. The maximum absolute atomic E-state index is 10.5. The highest BCUT2D eigenvalue weighted by molar-refractivity contribution is 5.94. The molecule has 0 bridgehead atoms. The summed E-state index contributed by atoms with van der Waals surface area (Å²) in [5.74, 6) is 0. The van der Waals surface area contributed by atoms with Gasteiger partial charge in [-0.05, 0) is 37.1 Å². The van der Waals surface area contributed by atoms with Crippen LogP contribution in [-0.2, 0) is 9.59 Å². The number of carbonyl (C=O) groups is 2. The van der Waals surface area contributed by atoms with Gasteiger partial charge in [0.15, 0.2) is 12.6 Å². The number of nitrogens with zero attached hydrogens (tertiary/aromatic N) is 1. The van der Waals surface area contributed by atoms with E-state index in [1.54, 1.807) is 13.8 Å². The van der Waals surface area contributed by atoms with Gasteiger partial charge in [-0.25, -0.2) is 0 Å². The van der Waals surface area contributed by atoms with Gasteiger partial charge >= 0.3 is 0 Å². The van der Waals surface area contributed by atoms with E-state index >= 15 is 0 Å². The van der Waals surface area contributed by atoms with E-state index in [1.807, 2.05) is 32.3 Å². The molecule has 112 valence electrons. The van der Waals surface area contributed by atoms with Crippen LogP contribution in [0.5, 0.6) is 0 Å². The second-order valence-corrected chi connectivity index (χ2v) is 4.85. The minimum Gasteiger partial charge on any atom is -0.378 e. The van der Waals surface area contributed by atoms with E-state index in [1.165, 1.54) is 5.69 Å². The van der Waals surface area contributed by atoms with Gasteiger partial charge in [-0.3, -0.25) is 9.59 Å². The molecular formula is C18H23NO2. The van der Waals surface area contributed by atoms with Crippen molar-refractivity contribution in [1.29, 1.82) is 0 Å². The van der Waals surface area contributed by atoms with Crippen molar-refractivity contribution in [2.75, 3.05) is 19.0 Å². The first-order valence-corrected chi connectivity index (χ1v) is 6.53. The fourth-order valence-corrected chi connectivity index (χ4v) is 1.51. The molecule has 0 aromatic heterocycles. The minimum absolute atomic E-state index is 0.331. The molecule has 1 aromatic rings. The third-order valence-electron chi connectivity index (χ3n) is 2.72. The quantitative estimate of drug-likeness (QED) is 0.471. The maximum atomic E-state index is 10.5. The van der Waals surface area contributed by atoms with E-state index in [9.17, 15) is 9.59 Å². The Morgan fingerprint density at radius 1 is 0.905 bits per heavy atom. The SMILES string of the molecule is C=C(C)/C(C=O)=C(/C=O)C(=C)C.CN(C)c1ccccc1. The van der Waals surface area contributed by atoms with E-state index in [2.05, 4.69) is 30.2 Å². The largest absolute Gasteiger partial charge is 0.378 e. The van der Waals surface area contributed by atoms with Crippen LogP contribution in [0.3, 0.4) is 0 Å². The first-order valence-electron chi connectivity index (χ1n) is 6.53. The first-order chi connectivity index (χ1) is 9.84. The van der Waals surface area contributed by atoms with Crippen molar-refractivity contribution in [3.8, 4) is 0 Å². The zero-order valence-electron chi connectivity index (χ0n) is 13.2. The van der Waals surface area contributed by atoms with Gasteiger partial charge in [-0.2, -0.15) is 0 Å². The normalized spacial score (nSPS) is 10.5. The molecule has 0 saturated carbocycles. The molecule has 0 saturated heterocycles. The second kappa shape index (κ2) is 9.48. The Morgan fingerprint density at radius 2 is 1.29 bits per heavy atom. The lowest BCUT2D eigenvalue weighted by molar-refractivity contribution is -0.106. The molecule has 0 amide bonds. The summed E-state index contributed by atoms with van der Waals surface area (Å²) in [5.41, 5.74) is 3.07. The molecule has 21 heavy (non-hydrogen) atoms. The van der Waals surface area contributed by atoms with Crippen molar-refractivity contribution in [1.82, 2.24) is 0 Å². The highest BCUT2D eigenvalue weighted by Crippen LogP contribution is 2.14. The Bertz CT molecular complexity index is 512. The molecule has 0 spiro atoms. The van der Waals surface area contributed by atoms with E-state index in [-0.39, 0.29) is 0 Å². The highest BCUT2D eigenvalue weighted by atomic mass is 16.1. The van der Waals surface area contributed by atoms with Crippen molar-refractivity contribution in [2.24, 2.45) is 0 Å². The lowest BCUT2D eigenvalue weighted by atomic mass is 10.00. The van der Waals surface area contributed by atoms with Gasteiger partial charge < -0.3 is 4.90 Å². The van der Waals surface area contributed by atoms with Gasteiger partial charge in [-0.1, -0.05) is 31.4 Å². The fraction of sp³-hybridized carbons (Fsp3) is 0.222. The van der Waals surface area contributed by atoms with Gasteiger partial charge in [0.2, 0.25) is 0 Å². The van der Waals surface area contributed by atoms with Gasteiger partial charge in [-0.15, -0.1) is 0 Å². The van der Waals surface area contributed by atoms with Gasteiger partial charge in [0, 0.05) is 30.9 Å². The molecule has 3 heteroatoms. The van der Waals surface area contributed by atoms with E-state index in [4.69, 9.17) is 0 Å². The van der Waals surface area contributed by atoms with Crippen LogP contribution in [0, 0.1) is 0 Å². The number of hydrogen-bond acceptors (Lipinski definition) is 3. The van der Waals surface area contributed by atoms with Crippen LogP contribution in [0.4, 0.5) is 5.69 Å². The van der Waals surface area contributed by atoms with Crippen molar-refractivity contribution in [3.05, 3.63) is 65.8 Å². The number of benzene rings is 1. The second-order valence-electron chi connectivity index (χ2n) is 4.85. The molecule has 0 aliphatic rings. The predicted octanol–water partition coefficient (Wildman–Crippen LogP) is 3.59. The summed E-state index contributed by atoms with van der Waals surface area (Å²) >= 11 is 0. The first kappa shape index (κ1) is 18.6. The van der Waals surface area contributed by atoms with Gasteiger partial charge in [0.25, 0.3) is 0 Å². The van der Waals surface area contributed by atoms with Gasteiger partial charge in [0.1, 0.15) is 0 Å². The Balaban J connectivity index is 0.000000394. The van der Waals surface area contributed by atoms with Crippen LogP contribution in [0.1, 0.15) is 13.8 Å². The number of anilines is 1. The molecule has 0 aliphatic carbocycles. The Morgan fingerprint density at radius 3 is 1.48 bits per heavy atom. The highest BCUT2D eigenvalue weighted by Gasteiger charge is 2.06. The average Bonchev–Trinajstić information content (AvgIpc) is 2.45. The number of hydrogen-bond donors (Lipinski definition) is 0. The predicted molar refractivity (Wildman–Crippen MR) is 89.6 cm³/mol. The Kier molecular flexibility index (Phi) is 8.39. The molecule has 0 fully saturated rings. The Labute approximate surface area is 127 Å². The van der Waals surface area contributed by atoms with Gasteiger partial charge in [0.05, 0.1) is 0 Å². The molecule has 0 heterocycles. The summed E-state index contributed by atoms with van der Waals surface area (Å²) in [6.07, 6.45) is 1.25. The average molecular weight is 285 g/mol. The third-order valence-corrected chi connectivity index (χ3v) is 2.72. The fourth-order valence-electron chi connectivity index (χ4n) is 1.51. The molecular weight excluding hydrogens is 262 g/mol. The van der Waals surface area contributed by atoms with Crippen molar-refractivity contribution in [2.45, 2.75) is 13.8 Å². The zero-order valence-corrected chi connectivity index (χ0v) is 13.2. The van der Waals surface area contributed by atoms with Crippen LogP contribution in [0.2, 0.25) is 0 Å². The number of aldehydes is 2. The molecule has 1 rings (SSSR count). The summed E-state index contributed by atoms with van der Waals surface area (Å²) in [5, 5.41) is 0. The van der Waals surface area contributed by atoms with Crippen LogP contribution >= 0.6 is 0 Å². The third kappa shape index (κ3) is 6.52.